The van der Waals surface area contributed by atoms with Crippen molar-refractivity contribution in [2.45, 2.75) is 19.8 Å². The fraction of sp³-hybridized carbons (Fsp3) is 0.214. The van der Waals surface area contributed by atoms with Crippen molar-refractivity contribution in [3.05, 3.63) is 42.2 Å². The first kappa shape index (κ1) is 12.4. The number of benzene rings is 1. The van der Waals surface area contributed by atoms with Crippen LogP contribution in [0.15, 0.2) is 36.7 Å². The summed E-state index contributed by atoms with van der Waals surface area (Å²) in [5.74, 6) is 1.50. The van der Waals surface area contributed by atoms with Crippen molar-refractivity contribution in [3.8, 4) is 0 Å². The van der Waals surface area contributed by atoms with E-state index in [9.17, 15) is 0 Å². The molecule has 20 heavy (non-hydrogen) atoms. The fourth-order valence-electron chi connectivity index (χ4n) is 2.02. The van der Waals surface area contributed by atoms with Crippen LogP contribution in [-0.2, 0) is 0 Å². The summed E-state index contributed by atoms with van der Waals surface area (Å²) in [4.78, 5) is 4.28. The molecule has 0 aliphatic rings. The van der Waals surface area contributed by atoms with Gasteiger partial charge in [0.25, 0.3) is 0 Å². The molecule has 2 aromatic heterocycles. The summed E-state index contributed by atoms with van der Waals surface area (Å²) >= 11 is 0. The van der Waals surface area contributed by atoms with Crippen LogP contribution in [0, 0.1) is 0 Å². The number of nitrogens with zero attached hydrogens (tertiary/aromatic N) is 4. The van der Waals surface area contributed by atoms with Crippen LogP contribution < -0.4 is 11.1 Å². The molecule has 0 bridgehead atoms. The molecule has 0 fully saturated rings. The second-order valence-corrected chi connectivity index (χ2v) is 4.93. The van der Waals surface area contributed by atoms with Gasteiger partial charge >= 0.3 is 0 Å². The van der Waals surface area contributed by atoms with Crippen LogP contribution in [0.5, 0.6) is 0 Å². The van der Waals surface area contributed by atoms with Crippen LogP contribution >= 0.6 is 0 Å². The highest BCUT2D eigenvalue weighted by atomic mass is 15.3. The standard InChI is InChI=1S/C14H16N6/c1-9(2)10-3-5-11(6-4-10)17-12-13-18-19-14(15)20(13)8-7-16-12/h3-9H,1-2H3,(H2,15,19)(H,16,17). The Kier molecular flexibility index (Phi) is 2.98. The molecule has 3 aromatic rings. The quantitative estimate of drug-likeness (QED) is 0.763. The highest BCUT2D eigenvalue weighted by Gasteiger charge is 2.08. The van der Waals surface area contributed by atoms with E-state index in [0.29, 0.717) is 23.3 Å². The molecule has 3 rings (SSSR count). The predicted octanol–water partition coefficient (Wildman–Crippen LogP) is 2.57. The number of fused-ring (bicyclic) bond motifs is 1. The molecule has 3 N–H and O–H groups in total. The normalized spacial score (nSPS) is 11.2. The minimum Gasteiger partial charge on any atom is -0.368 e. The van der Waals surface area contributed by atoms with Crippen LogP contribution in [0.3, 0.4) is 0 Å². The number of hydrogen-bond donors (Lipinski definition) is 2. The maximum absolute atomic E-state index is 5.73. The van der Waals surface area contributed by atoms with E-state index in [1.54, 1.807) is 16.8 Å². The van der Waals surface area contributed by atoms with Gasteiger partial charge in [-0.25, -0.2) is 4.98 Å². The summed E-state index contributed by atoms with van der Waals surface area (Å²) in [7, 11) is 0. The van der Waals surface area contributed by atoms with E-state index in [1.807, 2.05) is 12.1 Å². The molecule has 0 saturated heterocycles. The second-order valence-electron chi connectivity index (χ2n) is 4.93. The van der Waals surface area contributed by atoms with E-state index < -0.39 is 0 Å². The zero-order chi connectivity index (χ0) is 14.1. The van der Waals surface area contributed by atoms with Gasteiger partial charge in [0.15, 0.2) is 5.82 Å². The maximum atomic E-state index is 5.73. The molecule has 0 atom stereocenters. The zero-order valence-corrected chi connectivity index (χ0v) is 11.4. The van der Waals surface area contributed by atoms with Crippen molar-refractivity contribution < 1.29 is 0 Å². The van der Waals surface area contributed by atoms with Crippen LogP contribution in [0.25, 0.3) is 5.65 Å². The SMILES string of the molecule is CC(C)c1ccc(Nc2nccn3c(N)nnc23)cc1. The Labute approximate surface area is 116 Å². The first-order valence-electron chi connectivity index (χ1n) is 6.47. The van der Waals surface area contributed by atoms with E-state index in [-0.39, 0.29) is 0 Å². The molecule has 0 saturated carbocycles. The molecule has 2 heterocycles. The van der Waals surface area contributed by atoms with Gasteiger partial charge in [-0.2, -0.15) is 0 Å². The largest absolute Gasteiger partial charge is 0.368 e. The highest BCUT2D eigenvalue weighted by molar-refractivity contribution is 5.70. The van der Waals surface area contributed by atoms with Crippen molar-refractivity contribution in [1.82, 2.24) is 19.6 Å². The van der Waals surface area contributed by atoms with Crippen molar-refractivity contribution in [2.75, 3.05) is 11.1 Å². The van der Waals surface area contributed by atoms with E-state index in [2.05, 4.69) is 46.5 Å². The average Bonchev–Trinajstić information content (AvgIpc) is 2.82. The Morgan fingerprint density at radius 2 is 1.90 bits per heavy atom. The summed E-state index contributed by atoms with van der Waals surface area (Å²) < 4.78 is 1.69. The number of nitrogen functional groups attached to an aromatic ring is 1. The first-order chi connectivity index (χ1) is 9.65. The molecule has 6 nitrogen and oxygen atoms in total. The van der Waals surface area contributed by atoms with Gasteiger partial charge in [-0.1, -0.05) is 26.0 Å². The number of hydrogen-bond acceptors (Lipinski definition) is 5. The van der Waals surface area contributed by atoms with Gasteiger partial charge in [-0.05, 0) is 23.6 Å². The molecule has 1 aromatic carbocycles. The third-order valence-electron chi connectivity index (χ3n) is 3.19. The van der Waals surface area contributed by atoms with Crippen LogP contribution in [-0.4, -0.2) is 19.6 Å². The van der Waals surface area contributed by atoms with Gasteiger partial charge < -0.3 is 11.1 Å². The molecular formula is C14H16N6. The number of aromatic nitrogens is 4. The average molecular weight is 268 g/mol. The molecular weight excluding hydrogens is 252 g/mol. The summed E-state index contributed by atoms with van der Waals surface area (Å²) in [5.41, 5.74) is 8.59. The summed E-state index contributed by atoms with van der Waals surface area (Å²) in [6.45, 7) is 4.34. The Bertz CT molecular complexity index is 729. The van der Waals surface area contributed by atoms with Crippen LogP contribution in [0.2, 0.25) is 0 Å². The van der Waals surface area contributed by atoms with Gasteiger partial charge in [0.1, 0.15) is 0 Å². The van der Waals surface area contributed by atoms with Gasteiger partial charge in [0.05, 0.1) is 0 Å². The number of anilines is 3. The summed E-state index contributed by atoms with van der Waals surface area (Å²) in [5, 5.41) is 11.1. The smallest absolute Gasteiger partial charge is 0.226 e. The Morgan fingerprint density at radius 1 is 1.15 bits per heavy atom. The summed E-state index contributed by atoms with van der Waals surface area (Å²) in [6.07, 6.45) is 3.40. The van der Waals surface area contributed by atoms with Gasteiger partial charge in [0, 0.05) is 18.1 Å². The molecule has 0 unspecified atom stereocenters. The van der Waals surface area contributed by atoms with Crippen LogP contribution in [0.1, 0.15) is 25.3 Å². The number of rotatable bonds is 3. The Balaban J connectivity index is 1.93. The lowest BCUT2D eigenvalue weighted by atomic mass is 10.0. The van der Waals surface area contributed by atoms with Gasteiger partial charge in [-0.15, -0.1) is 10.2 Å². The predicted molar refractivity (Wildman–Crippen MR) is 79.0 cm³/mol. The zero-order valence-electron chi connectivity index (χ0n) is 11.4. The van der Waals surface area contributed by atoms with E-state index in [4.69, 9.17) is 5.73 Å². The molecule has 0 aliphatic carbocycles. The van der Waals surface area contributed by atoms with Crippen molar-refractivity contribution in [1.29, 1.82) is 0 Å². The number of nitrogens with one attached hydrogen (secondary N) is 1. The first-order valence-corrected chi connectivity index (χ1v) is 6.47. The topological polar surface area (TPSA) is 81.1 Å². The third-order valence-corrected chi connectivity index (χ3v) is 3.19. The van der Waals surface area contributed by atoms with Crippen LogP contribution in [0.4, 0.5) is 17.5 Å². The third kappa shape index (κ3) is 2.16. The molecule has 0 radical (unpaired) electrons. The molecule has 0 spiro atoms. The van der Waals surface area contributed by atoms with E-state index in [0.717, 1.165) is 5.69 Å². The maximum Gasteiger partial charge on any atom is 0.226 e. The lowest BCUT2D eigenvalue weighted by Gasteiger charge is -2.09. The van der Waals surface area contributed by atoms with Gasteiger partial charge in [-0.3, -0.25) is 4.40 Å². The lowest BCUT2D eigenvalue weighted by Crippen LogP contribution is -1.99. The van der Waals surface area contributed by atoms with Crippen molar-refractivity contribution in [2.24, 2.45) is 0 Å². The number of nitrogens with two attached hydrogens (primary N) is 1. The van der Waals surface area contributed by atoms with E-state index >= 15 is 0 Å². The van der Waals surface area contributed by atoms with Gasteiger partial charge in [0.2, 0.25) is 11.6 Å². The fourth-order valence-corrected chi connectivity index (χ4v) is 2.02. The minimum atomic E-state index is 0.348. The Morgan fingerprint density at radius 3 is 2.60 bits per heavy atom. The molecule has 0 amide bonds. The molecule has 102 valence electrons. The lowest BCUT2D eigenvalue weighted by molar-refractivity contribution is 0.867. The summed E-state index contributed by atoms with van der Waals surface area (Å²) in [6, 6.07) is 8.26. The molecule has 6 heteroatoms. The highest BCUT2D eigenvalue weighted by Crippen LogP contribution is 2.21. The Hall–Kier alpha value is -2.63. The monoisotopic (exact) mass is 268 g/mol. The van der Waals surface area contributed by atoms with E-state index in [1.165, 1.54) is 5.56 Å². The minimum absolute atomic E-state index is 0.348. The second kappa shape index (κ2) is 4.80. The van der Waals surface area contributed by atoms with Crippen molar-refractivity contribution in [3.63, 3.8) is 0 Å². The molecule has 0 aliphatic heterocycles. The van der Waals surface area contributed by atoms with Crippen molar-refractivity contribution >= 4 is 23.1 Å².